The number of carbonyl (C=O) groups is 4. The first-order valence-electron chi connectivity index (χ1n) is 11.8. The summed E-state index contributed by atoms with van der Waals surface area (Å²) in [7, 11) is 0. The number of imide groups is 2. The van der Waals surface area contributed by atoms with Crippen LogP contribution in [0.5, 0.6) is 5.75 Å². The summed E-state index contributed by atoms with van der Waals surface area (Å²) < 4.78 is 234. The van der Waals surface area contributed by atoms with E-state index in [0.29, 0.717) is 30.4 Å². The second-order valence-electron chi connectivity index (χ2n) is 9.43. The van der Waals surface area contributed by atoms with E-state index in [9.17, 15) is 93.8 Å². The number of amides is 4. The lowest BCUT2D eigenvalue weighted by Crippen LogP contribution is -2.72. The quantitative estimate of drug-likeness (QED) is 0.152. The zero-order chi connectivity index (χ0) is 37.4. The molecule has 7 nitrogen and oxygen atoms in total. The Morgan fingerprint density at radius 1 is 0.542 bits per heavy atom. The van der Waals surface area contributed by atoms with Gasteiger partial charge in [-0.1, -0.05) is 0 Å². The molecule has 0 saturated carbocycles. The molecule has 0 radical (unpaired) electrons. The number of allylic oxidation sites excluding steroid dienone is 1. The molecule has 0 saturated heterocycles. The molecule has 0 bridgehead atoms. The average molecular weight is 728 g/mol. The number of ether oxygens (including phenoxy) is 1. The van der Waals surface area contributed by atoms with Crippen molar-refractivity contribution in [3.8, 4) is 5.75 Å². The number of rotatable bonds is 10. The summed E-state index contributed by atoms with van der Waals surface area (Å²) in [6.45, 7) is 0.725. The number of hydrogen-bond donors (Lipinski definition) is 0. The molecule has 0 atom stereocenters. The number of nitrogens with zero attached hydrogens (tertiary/aromatic N) is 2. The number of carbonyl (C=O) groups excluding carboxylic acids is 4. The first-order chi connectivity index (χ1) is 21.4. The standard InChI is InChI=1S/C24H9F17N2O5/c1-8-6-9(42-12(44)2-3-13(42)45)10(43-14(46)4-5-15(43)47)7-11(8)48-17(26)16(25)18(27,28)19(29,30)20(31,32)21(33,34)22(35,36)23(37,38)24(39,40)41/h2-7H,1H3. The largest absolute Gasteiger partial charge is 0.460 e. The normalized spacial score (nSPS) is 17.6. The minimum atomic E-state index is -8.77. The lowest BCUT2D eigenvalue weighted by molar-refractivity contribution is -0.451. The number of halogens is 17. The van der Waals surface area contributed by atoms with Crippen molar-refractivity contribution in [3.63, 3.8) is 0 Å². The molecular formula is C24H9F17N2O5. The third kappa shape index (κ3) is 5.23. The predicted octanol–water partition coefficient (Wildman–Crippen LogP) is 6.71. The lowest BCUT2D eigenvalue weighted by atomic mass is 9.91. The summed E-state index contributed by atoms with van der Waals surface area (Å²) in [4.78, 5) is 49.0. The molecule has 1 aromatic rings. The van der Waals surface area contributed by atoms with Crippen molar-refractivity contribution in [2.24, 2.45) is 0 Å². The van der Waals surface area contributed by atoms with Crippen molar-refractivity contribution < 1.29 is 98.6 Å². The van der Waals surface area contributed by atoms with Crippen LogP contribution in [0.4, 0.5) is 86.0 Å². The van der Waals surface area contributed by atoms with E-state index >= 15 is 0 Å². The monoisotopic (exact) mass is 728 g/mol. The van der Waals surface area contributed by atoms with Gasteiger partial charge in [-0.25, -0.2) is 9.80 Å². The Kier molecular flexibility index (Phi) is 8.82. The molecule has 264 valence electrons. The van der Waals surface area contributed by atoms with Crippen molar-refractivity contribution in [2.75, 3.05) is 9.80 Å². The van der Waals surface area contributed by atoms with E-state index in [4.69, 9.17) is 0 Å². The van der Waals surface area contributed by atoms with E-state index in [1.165, 1.54) is 0 Å². The Hall–Kier alpha value is -4.67. The molecule has 3 rings (SSSR count). The van der Waals surface area contributed by atoms with Gasteiger partial charge < -0.3 is 4.74 Å². The highest BCUT2D eigenvalue weighted by Gasteiger charge is 2.94. The van der Waals surface area contributed by atoms with Gasteiger partial charge in [0, 0.05) is 30.4 Å². The van der Waals surface area contributed by atoms with Crippen LogP contribution in [0.2, 0.25) is 0 Å². The maximum Gasteiger partial charge on any atom is 0.460 e. The van der Waals surface area contributed by atoms with Gasteiger partial charge in [0.2, 0.25) is 5.83 Å². The first kappa shape index (κ1) is 37.8. The summed E-state index contributed by atoms with van der Waals surface area (Å²) in [5.41, 5.74) is -2.46. The van der Waals surface area contributed by atoms with E-state index in [-0.39, 0.29) is 15.9 Å². The molecular weight excluding hydrogens is 719 g/mol. The SMILES string of the molecule is Cc1cc(N2C(=O)C=CC2=O)c(N2C(=O)C=CC2=O)cc1OC(F)=C(F)C(F)(F)C(F)(F)C(F)(F)C(F)(F)C(F)(F)C(F)(F)C(F)(F)F. The maximum atomic E-state index is 14.5. The van der Waals surface area contributed by atoms with Gasteiger partial charge in [0.25, 0.3) is 23.6 Å². The Morgan fingerprint density at radius 2 is 0.875 bits per heavy atom. The average Bonchev–Trinajstić information content (AvgIpc) is 3.46. The van der Waals surface area contributed by atoms with Crippen LogP contribution in [0.15, 0.2) is 48.3 Å². The zero-order valence-corrected chi connectivity index (χ0v) is 22.3. The fourth-order valence-electron chi connectivity index (χ4n) is 3.77. The molecule has 24 heteroatoms. The molecule has 2 aliphatic rings. The molecule has 4 amide bonds. The van der Waals surface area contributed by atoms with Crippen LogP contribution in [0.25, 0.3) is 0 Å². The highest BCUT2D eigenvalue weighted by Crippen LogP contribution is 2.63. The van der Waals surface area contributed by atoms with Crippen molar-refractivity contribution in [2.45, 2.75) is 48.6 Å². The van der Waals surface area contributed by atoms with Crippen LogP contribution in [-0.2, 0) is 19.2 Å². The van der Waals surface area contributed by atoms with Crippen LogP contribution in [-0.4, -0.2) is 65.3 Å². The highest BCUT2D eigenvalue weighted by atomic mass is 19.4. The predicted molar refractivity (Wildman–Crippen MR) is 120 cm³/mol. The molecule has 0 spiro atoms. The van der Waals surface area contributed by atoms with E-state index in [1.54, 1.807) is 0 Å². The van der Waals surface area contributed by atoms with Gasteiger partial charge in [0.05, 0.1) is 11.4 Å². The van der Waals surface area contributed by atoms with Crippen LogP contribution in [0, 0.1) is 6.92 Å². The third-order valence-electron chi connectivity index (χ3n) is 6.35. The highest BCUT2D eigenvalue weighted by molar-refractivity contribution is 6.33. The van der Waals surface area contributed by atoms with Crippen molar-refractivity contribution in [3.05, 3.63) is 53.8 Å². The summed E-state index contributed by atoms with van der Waals surface area (Å²) in [5.74, 6) is -61.7. The minimum Gasteiger partial charge on any atom is -0.429 e. The third-order valence-corrected chi connectivity index (χ3v) is 6.35. The number of benzene rings is 1. The summed E-state index contributed by atoms with van der Waals surface area (Å²) in [6, 6.07) is -3.08. The fourth-order valence-corrected chi connectivity index (χ4v) is 3.77. The fraction of sp³-hybridized carbons (Fsp3) is 0.333. The topological polar surface area (TPSA) is 84.0 Å². The van der Waals surface area contributed by atoms with Gasteiger partial charge in [0.1, 0.15) is 5.75 Å². The number of hydrogen-bond acceptors (Lipinski definition) is 5. The Labute approximate surface area is 252 Å². The summed E-state index contributed by atoms with van der Waals surface area (Å²) in [6.07, 6.45) is -5.46. The van der Waals surface area contributed by atoms with Crippen molar-refractivity contribution in [1.82, 2.24) is 0 Å². The number of anilines is 2. The second kappa shape index (κ2) is 11.2. The molecule has 0 N–H and O–H groups in total. The smallest absolute Gasteiger partial charge is 0.429 e. The Bertz CT molecular complexity index is 1640. The summed E-state index contributed by atoms with van der Waals surface area (Å²) >= 11 is 0. The second-order valence-corrected chi connectivity index (χ2v) is 9.43. The Morgan fingerprint density at radius 3 is 1.25 bits per heavy atom. The molecule has 2 aliphatic heterocycles. The lowest BCUT2D eigenvalue weighted by Gasteiger charge is -2.41. The van der Waals surface area contributed by atoms with Gasteiger partial charge >= 0.3 is 47.7 Å². The molecule has 1 aromatic carbocycles. The molecule has 48 heavy (non-hydrogen) atoms. The van der Waals surface area contributed by atoms with E-state index in [2.05, 4.69) is 4.74 Å². The Balaban J connectivity index is 2.13. The number of aryl methyl sites for hydroxylation is 1. The summed E-state index contributed by atoms with van der Waals surface area (Å²) in [5, 5.41) is 0. The van der Waals surface area contributed by atoms with Crippen LogP contribution in [0.3, 0.4) is 0 Å². The van der Waals surface area contributed by atoms with E-state index in [0.717, 1.165) is 6.92 Å². The van der Waals surface area contributed by atoms with Crippen molar-refractivity contribution in [1.29, 1.82) is 0 Å². The molecule has 0 fully saturated rings. The molecule has 2 heterocycles. The van der Waals surface area contributed by atoms with Gasteiger partial charge in [-0.3, -0.25) is 19.2 Å². The van der Waals surface area contributed by atoms with Gasteiger partial charge in [0.15, 0.2) is 0 Å². The number of alkyl halides is 15. The molecule has 0 unspecified atom stereocenters. The molecule has 0 aromatic heterocycles. The van der Waals surface area contributed by atoms with Crippen LogP contribution < -0.4 is 14.5 Å². The van der Waals surface area contributed by atoms with Crippen LogP contribution >= 0.6 is 0 Å². The van der Waals surface area contributed by atoms with Crippen molar-refractivity contribution >= 4 is 35.0 Å². The van der Waals surface area contributed by atoms with Gasteiger partial charge in [-0.05, 0) is 18.6 Å². The molecule has 0 aliphatic carbocycles. The first-order valence-corrected chi connectivity index (χ1v) is 11.8. The van der Waals surface area contributed by atoms with Gasteiger partial charge in [-0.2, -0.15) is 74.6 Å². The maximum absolute atomic E-state index is 14.5. The van der Waals surface area contributed by atoms with E-state index < -0.39 is 99.9 Å². The van der Waals surface area contributed by atoms with Crippen LogP contribution in [0.1, 0.15) is 5.56 Å². The van der Waals surface area contributed by atoms with E-state index in [1.807, 2.05) is 0 Å². The minimum absolute atomic E-state index is 0.0841. The zero-order valence-electron chi connectivity index (χ0n) is 22.3. The van der Waals surface area contributed by atoms with Gasteiger partial charge in [-0.15, -0.1) is 0 Å².